The third-order valence-electron chi connectivity index (χ3n) is 15.8. The number of aromatic nitrogens is 4. The van der Waals surface area contributed by atoms with Crippen LogP contribution in [-0.4, -0.2) is 86.1 Å². The van der Waals surface area contributed by atoms with Gasteiger partial charge in [-0.2, -0.15) is 0 Å². The predicted molar refractivity (Wildman–Crippen MR) is 261 cm³/mol. The Morgan fingerprint density at radius 3 is 2.12 bits per heavy atom. The number of imidazole rings is 2. The number of rotatable bonds is 13. The average molecular weight is 929 g/mol. The molecule has 356 valence electrons. The highest BCUT2D eigenvalue weighted by atomic mass is 16.5. The quantitative estimate of drug-likeness (QED) is 0.0885. The molecule has 5 fully saturated rings. The second kappa shape index (κ2) is 18.2. The smallest absolute Gasteiger partial charge is 0.407 e. The van der Waals surface area contributed by atoms with Gasteiger partial charge in [0, 0.05) is 18.2 Å². The molecule has 6 aromatic rings. The maximum absolute atomic E-state index is 14.3. The number of aromatic amines is 2. The van der Waals surface area contributed by atoms with Crippen molar-refractivity contribution in [1.29, 1.82) is 0 Å². The van der Waals surface area contributed by atoms with Gasteiger partial charge in [-0.1, -0.05) is 99.1 Å². The topological polar surface area (TPSA) is 175 Å². The fourth-order valence-electron chi connectivity index (χ4n) is 11.4. The Labute approximate surface area is 402 Å². The summed E-state index contributed by atoms with van der Waals surface area (Å²) in [6.45, 7) is 4.96. The molecule has 14 nitrogen and oxygen atoms in total. The molecule has 69 heavy (non-hydrogen) atoms. The van der Waals surface area contributed by atoms with Gasteiger partial charge in [0.25, 0.3) is 5.91 Å². The molecule has 0 unspecified atom stereocenters. The summed E-state index contributed by atoms with van der Waals surface area (Å²) in [4.78, 5) is 74.6. The van der Waals surface area contributed by atoms with Crippen LogP contribution in [0.3, 0.4) is 0 Å². The number of benzene rings is 4. The number of alkyl carbamates (subject to hydrolysis) is 2. The van der Waals surface area contributed by atoms with E-state index in [9.17, 15) is 19.2 Å². The largest absolute Gasteiger partial charge is 0.453 e. The van der Waals surface area contributed by atoms with Gasteiger partial charge in [0.1, 0.15) is 23.7 Å². The van der Waals surface area contributed by atoms with E-state index in [0.717, 1.165) is 107 Å². The van der Waals surface area contributed by atoms with Crippen molar-refractivity contribution >= 4 is 34.8 Å². The number of carbonyl (C=O) groups excluding carboxylic acids is 4. The summed E-state index contributed by atoms with van der Waals surface area (Å²) in [7, 11) is 1.30. The molecular weight excluding hydrogens is 869 g/mol. The van der Waals surface area contributed by atoms with Crippen LogP contribution in [0.4, 0.5) is 9.59 Å². The number of ether oxygens (including phenoxy) is 2. The molecule has 4 N–H and O–H groups in total. The van der Waals surface area contributed by atoms with Gasteiger partial charge in [0.15, 0.2) is 0 Å². The van der Waals surface area contributed by atoms with E-state index in [0.29, 0.717) is 30.6 Å². The lowest BCUT2D eigenvalue weighted by Gasteiger charge is -2.37. The molecule has 2 aromatic heterocycles. The molecule has 0 radical (unpaired) electrons. The number of methoxy groups -OCH3 is 1. The highest BCUT2D eigenvalue weighted by Gasteiger charge is 2.55. The van der Waals surface area contributed by atoms with Crippen LogP contribution in [0, 0.1) is 23.2 Å². The van der Waals surface area contributed by atoms with E-state index in [1.807, 2.05) is 66.4 Å². The van der Waals surface area contributed by atoms with Crippen LogP contribution in [0.5, 0.6) is 0 Å². The van der Waals surface area contributed by atoms with E-state index in [-0.39, 0.29) is 41.3 Å². The number of piperidine rings is 1. The molecule has 6 atom stereocenters. The second-order valence-electron chi connectivity index (χ2n) is 20.6. The van der Waals surface area contributed by atoms with Crippen LogP contribution < -0.4 is 10.6 Å². The SMILES string of the molecule is COC(=O)N[C@@H](C(=O)N1CC2(CC2)C[C@H]1c1ncc(-c2ccc3cc(-c4ccc(-c5cnc([C@@H]6[C@H]7CC[C@H](C7)N6C(=O)[C@@H](NC(=O)OCC6CCC6)C(C)C)[nH]5)cc4)ccc3c2)[nH]1)c1ccccc1. The van der Waals surface area contributed by atoms with Crippen molar-refractivity contribution in [1.82, 2.24) is 40.4 Å². The average Bonchev–Trinajstić information content (AvgIpc) is 3.99. The maximum atomic E-state index is 14.3. The van der Waals surface area contributed by atoms with Gasteiger partial charge in [-0.15, -0.1) is 0 Å². The first kappa shape index (κ1) is 44.5. The Morgan fingerprint density at radius 1 is 0.754 bits per heavy atom. The zero-order valence-corrected chi connectivity index (χ0v) is 39.5. The normalized spacial score (nSPS) is 22.1. The number of amides is 4. The van der Waals surface area contributed by atoms with Crippen molar-refractivity contribution in [3.63, 3.8) is 0 Å². The van der Waals surface area contributed by atoms with E-state index < -0.39 is 24.3 Å². The number of likely N-dealkylation sites (tertiary alicyclic amines) is 2. The van der Waals surface area contributed by atoms with Gasteiger partial charge >= 0.3 is 12.2 Å². The van der Waals surface area contributed by atoms with E-state index in [1.165, 1.54) is 13.5 Å². The molecule has 2 aliphatic heterocycles. The Bertz CT molecular complexity index is 2890. The minimum absolute atomic E-state index is 0.0648. The first-order valence-electron chi connectivity index (χ1n) is 24.7. The Balaban J connectivity index is 0.768. The lowest BCUT2D eigenvalue weighted by atomic mass is 9.86. The van der Waals surface area contributed by atoms with Crippen LogP contribution in [-0.2, 0) is 19.1 Å². The van der Waals surface area contributed by atoms with E-state index >= 15 is 0 Å². The third kappa shape index (κ3) is 8.74. The maximum Gasteiger partial charge on any atom is 0.407 e. The van der Waals surface area contributed by atoms with Crippen molar-refractivity contribution in [3.8, 4) is 33.6 Å². The number of carbonyl (C=O) groups is 4. The van der Waals surface area contributed by atoms with Gasteiger partial charge in [0.05, 0.1) is 49.6 Å². The van der Waals surface area contributed by atoms with Gasteiger partial charge in [-0.3, -0.25) is 9.59 Å². The summed E-state index contributed by atoms with van der Waals surface area (Å²) >= 11 is 0. The van der Waals surface area contributed by atoms with Crippen LogP contribution in [0.25, 0.3) is 44.4 Å². The lowest BCUT2D eigenvalue weighted by Crippen LogP contribution is -2.54. The van der Waals surface area contributed by atoms with Crippen LogP contribution in [0.1, 0.15) is 107 Å². The summed E-state index contributed by atoms with van der Waals surface area (Å²) in [5.74, 6) is 1.93. The highest BCUT2D eigenvalue weighted by molar-refractivity contribution is 5.91. The lowest BCUT2D eigenvalue weighted by molar-refractivity contribution is -0.139. The Hall–Kier alpha value is -6.96. The van der Waals surface area contributed by atoms with Gasteiger partial charge in [0.2, 0.25) is 5.91 Å². The fourth-order valence-corrected chi connectivity index (χ4v) is 11.4. The summed E-state index contributed by atoms with van der Waals surface area (Å²) in [6, 6.07) is 28.8. The van der Waals surface area contributed by atoms with Gasteiger partial charge in [-0.05, 0) is 120 Å². The summed E-state index contributed by atoms with van der Waals surface area (Å²) in [6.07, 6.45) is 11.8. The number of hydrogen-bond donors (Lipinski definition) is 4. The molecule has 4 aromatic carbocycles. The van der Waals surface area contributed by atoms with Gasteiger partial charge in [-0.25, -0.2) is 19.6 Å². The summed E-state index contributed by atoms with van der Waals surface area (Å²) in [5, 5.41) is 7.90. The van der Waals surface area contributed by atoms with Crippen LogP contribution in [0.15, 0.2) is 103 Å². The third-order valence-corrected chi connectivity index (χ3v) is 15.8. The monoisotopic (exact) mass is 928 g/mol. The number of fused-ring (bicyclic) bond motifs is 3. The van der Waals surface area contributed by atoms with Crippen LogP contribution in [0.2, 0.25) is 0 Å². The molecular formula is C55H60N8O6. The molecule has 14 heteroatoms. The van der Waals surface area contributed by atoms with Crippen LogP contribution >= 0.6 is 0 Å². The molecule has 3 saturated carbocycles. The van der Waals surface area contributed by atoms with Crippen molar-refractivity contribution in [3.05, 3.63) is 121 Å². The molecule has 2 saturated heterocycles. The number of hydrogen-bond acceptors (Lipinski definition) is 8. The molecule has 5 aliphatic rings. The summed E-state index contributed by atoms with van der Waals surface area (Å²) in [5.41, 5.74) is 6.73. The van der Waals surface area contributed by atoms with Gasteiger partial charge < -0.3 is 39.9 Å². The number of nitrogens with one attached hydrogen (secondary N) is 4. The molecule has 4 heterocycles. The number of nitrogens with zero attached hydrogens (tertiary/aromatic N) is 4. The standard InChI is InChI=1S/C55H60N8O6/c1-32(2)46(60-54(67)69-30-33-8-7-9-33)52(65)63-42-21-20-41(26-42)48(63)50-57-28-43(59-50)35-14-12-34(13-15-35)37-16-17-39-25-40(19-18-38(39)24-37)44-29-56-49(58-44)45-27-55(22-23-55)31-62(45)51(64)47(61-53(66)68-3)36-10-5-4-6-11-36/h4-6,10-19,24-25,28-29,32-33,41-42,45-48H,7-9,20-23,26-27,30-31H2,1-3H3,(H,56,58)(H,57,59)(H,60,67)(H,61,66)/t41-,42+,45-,46-,47+,48-/m0/s1. The molecule has 11 rings (SSSR count). The first-order valence-corrected chi connectivity index (χ1v) is 24.7. The first-order chi connectivity index (χ1) is 33.5. The highest BCUT2D eigenvalue weighted by Crippen LogP contribution is 2.58. The molecule has 2 bridgehead atoms. The minimum atomic E-state index is -0.880. The van der Waals surface area contributed by atoms with E-state index in [1.54, 1.807) is 0 Å². The summed E-state index contributed by atoms with van der Waals surface area (Å²) < 4.78 is 10.4. The zero-order chi connectivity index (χ0) is 47.4. The van der Waals surface area contributed by atoms with E-state index in [4.69, 9.17) is 19.4 Å². The minimum Gasteiger partial charge on any atom is -0.453 e. The van der Waals surface area contributed by atoms with Crippen molar-refractivity contribution in [2.45, 2.75) is 102 Å². The molecule has 3 aliphatic carbocycles. The van der Waals surface area contributed by atoms with Crippen molar-refractivity contribution < 1.29 is 28.7 Å². The Kier molecular flexibility index (Phi) is 11.7. The number of H-pyrrole nitrogens is 2. The molecule has 1 spiro atoms. The zero-order valence-electron chi connectivity index (χ0n) is 39.5. The predicted octanol–water partition coefficient (Wildman–Crippen LogP) is 10.0. The van der Waals surface area contributed by atoms with Crippen molar-refractivity contribution in [2.75, 3.05) is 20.3 Å². The molecule has 4 amide bonds. The fraction of sp³-hybridized carbons (Fsp3) is 0.418. The Morgan fingerprint density at radius 2 is 1.42 bits per heavy atom. The van der Waals surface area contributed by atoms with Crippen molar-refractivity contribution in [2.24, 2.45) is 23.2 Å². The van der Waals surface area contributed by atoms with E-state index in [2.05, 4.69) is 81.3 Å². The second-order valence-corrected chi connectivity index (χ2v) is 20.6.